The maximum absolute atomic E-state index is 7.13. The minimum Gasteiger partial charge on any atom is -0.370 e. The number of hydrogen-bond donors (Lipinski definition) is 4. The van der Waals surface area contributed by atoms with Gasteiger partial charge < -0.3 is 11.5 Å². The Morgan fingerprint density at radius 2 is 1.75 bits per heavy atom. The molecule has 0 aromatic rings. The van der Waals surface area contributed by atoms with Gasteiger partial charge in [-0.15, -0.1) is 0 Å². The molecule has 0 fully saturated rings. The molecule has 0 heterocycles. The Bertz CT molecular complexity index is 163. The van der Waals surface area contributed by atoms with Gasteiger partial charge in [-0.05, 0) is 5.92 Å². The molecule has 0 bridgehead atoms. The fraction of sp³-hybridized carbons (Fsp3) is 0.714. The summed E-state index contributed by atoms with van der Waals surface area (Å²) in [4.78, 5) is 1.29. The largest absolute Gasteiger partial charge is 0.370 e. The molecule has 0 aromatic carbocycles. The van der Waals surface area contributed by atoms with Gasteiger partial charge >= 0.3 is 0 Å². The van der Waals surface area contributed by atoms with E-state index in [-0.39, 0.29) is 11.9 Å². The van der Waals surface area contributed by atoms with E-state index in [2.05, 4.69) is 0 Å². The van der Waals surface area contributed by atoms with Crippen LogP contribution < -0.4 is 11.5 Å². The van der Waals surface area contributed by atoms with Crippen LogP contribution in [0.3, 0.4) is 0 Å². The van der Waals surface area contributed by atoms with Crippen molar-refractivity contribution in [3.63, 3.8) is 0 Å². The molecule has 70 valence electrons. The Morgan fingerprint density at radius 1 is 1.33 bits per heavy atom. The first kappa shape index (κ1) is 10.7. The number of guanidine groups is 2. The van der Waals surface area contributed by atoms with E-state index in [0.29, 0.717) is 12.5 Å². The molecule has 0 spiro atoms. The summed E-state index contributed by atoms with van der Waals surface area (Å²) in [6.45, 7) is 4.61. The summed E-state index contributed by atoms with van der Waals surface area (Å²) in [5.41, 5.74) is 10.5. The lowest BCUT2D eigenvalue weighted by Gasteiger charge is -2.23. The van der Waals surface area contributed by atoms with E-state index in [0.717, 1.165) is 6.42 Å². The Hall–Kier alpha value is -1.26. The van der Waals surface area contributed by atoms with Crippen molar-refractivity contribution in [3.8, 4) is 0 Å². The van der Waals surface area contributed by atoms with Crippen molar-refractivity contribution in [2.24, 2.45) is 17.4 Å². The molecule has 0 aliphatic rings. The summed E-state index contributed by atoms with van der Waals surface area (Å²) in [7, 11) is 0. The molecular weight excluding hydrogens is 154 g/mol. The molecule has 0 radical (unpaired) electrons. The van der Waals surface area contributed by atoms with Crippen LogP contribution >= 0.6 is 0 Å². The summed E-state index contributed by atoms with van der Waals surface area (Å²) < 4.78 is 0. The highest BCUT2D eigenvalue weighted by Crippen LogP contribution is 2.02. The van der Waals surface area contributed by atoms with E-state index in [1.54, 1.807) is 0 Å². The lowest BCUT2D eigenvalue weighted by atomic mass is 10.1. The lowest BCUT2D eigenvalue weighted by Crippen LogP contribution is -2.46. The molecule has 5 heteroatoms. The van der Waals surface area contributed by atoms with Gasteiger partial charge in [-0.3, -0.25) is 15.7 Å². The zero-order valence-electron chi connectivity index (χ0n) is 7.59. The van der Waals surface area contributed by atoms with Crippen LogP contribution in [-0.2, 0) is 0 Å². The van der Waals surface area contributed by atoms with E-state index in [9.17, 15) is 0 Å². The first-order chi connectivity index (χ1) is 5.49. The summed E-state index contributed by atoms with van der Waals surface area (Å²) in [6, 6.07) is 0. The SMILES string of the molecule is CCC(C)CN(C(=N)N)C(=N)N. The van der Waals surface area contributed by atoms with Crippen LogP contribution in [0.1, 0.15) is 20.3 Å². The molecular formula is C7H17N5. The topological polar surface area (TPSA) is 103 Å². The van der Waals surface area contributed by atoms with Gasteiger partial charge in [-0.25, -0.2) is 0 Å². The van der Waals surface area contributed by atoms with E-state index < -0.39 is 0 Å². The summed E-state index contributed by atoms with van der Waals surface area (Å²) >= 11 is 0. The molecule has 5 nitrogen and oxygen atoms in total. The minimum absolute atomic E-state index is 0.164. The maximum atomic E-state index is 7.13. The standard InChI is InChI=1S/C7H17N5/c1-3-5(2)4-12(6(8)9)7(10)11/h5H,3-4H2,1-2H3,(H3,8,9)(H3,10,11). The molecule has 0 rings (SSSR count). The quantitative estimate of drug-likeness (QED) is 0.358. The van der Waals surface area contributed by atoms with E-state index in [1.807, 2.05) is 13.8 Å². The van der Waals surface area contributed by atoms with E-state index in [4.69, 9.17) is 22.3 Å². The number of nitrogens with two attached hydrogens (primary N) is 2. The molecule has 6 N–H and O–H groups in total. The summed E-state index contributed by atoms with van der Waals surface area (Å²) in [5, 5.41) is 14.3. The first-order valence-corrected chi connectivity index (χ1v) is 3.94. The fourth-order valence-corrected chi connectivity index (χ4v) is 0.767. The van der Waals surface area contributed by atoms with Crippen molar-refractivity contribution in [1.82, 2.24) is 4.90 Å². The number of rotatable bonds is 3. The predicted molar refractivity (Wildman–Crippen MR) is 50.0 cm³/mol. The average Bonchev–Trinajstić information content (AvgIpc) is 1.98. The van der Waals surface area contributed by atoms with Gasteiger partial charge in [0.05, 0.1) is 0 Å². The smallest absolute Gasteiger partial charge is 0.195 e. The highest BCUT2D eigenvalue weighted by Gasteiger charge is 2.12. The molecule has 0 aliphatic carbocycles. The van der Waals surface area contributed by atoms with Crippen LogP contribution in [0.15, 0.2) is 0 Å². The normalized spacial score (nSPS) is 12.2. The second-order valence-corrected chi connectivity index (χ2v) is 2.89. The van der Waals surface area contributed by atoms with Crippen molar-refractivity contribution in [2.75, 3.05) is 6.54 Å². The minimum atomic E-state index is -0.164. The van der Waals surface area contributed by atoms with Crippen molar-refractivity contribution in [3.05, 3.63) is 0 Å². The fourth-order valence-electron chi connectivity index (χ4n) is 0.767. The van der Waals surface area contributed by atoms with Crippen LogP contribution in [0, 0.1) is 16.7 Å². The Kier molecular flexibility index (Phi) is 4.10. The molecule has 0 saturated heterocycles. The van der Waals surface area contributed by atoms with Crippen LogP contribution in [0.25, 0.3) is 0 Å². The highest BCUT2D eigenvalue weighted by molar-refractivity contribution is 5.94. The molecule has 0 aliphatic heterocycles. The summed E-state index contributed by atoms with van der Waals surface area (Å²) in [6.07, 6.45) is 0.983. The first-order valence-electron chi connectivity index (χ1n) is 3.94. The molecule has 0 aromatic heterocycles. The van der Waals surface area contributed by atoms with Crippen molar-refractivity contribution in [1.29, 1.82) is 10.8 Å². The van der Waals surface area contributed by atoms with Crippen LogP contribution in [0.2, 0.25) is 0 Å². The van der Waals surface area contributed by atoms with Crippen LogP contribution in [-0.4, -0.2) is 23.4 Å². The third-order valence-corrected chi connectivity index (χ3v) is 1.77. The van der Waals surface area contributed by atoms with Gasteiger partial charge in [0.1, 0.15) is 0 Å². The van der Waals surface area contributed by atoms with Gasteiger partial charge in [0.2, 0.25) is 0 Å². The van der Waals surface area contributed by atoms with Gasteiger partial charge in [0.25, 0.3) is 0 Å². The van der Waals surface area contributed by atoms with Gasteiger partial charge in [-0.2, -0.15) is 0 Å². The van der Waals surface area contributed by atoms with E-state index in [1.165, 1.54) is 4.90 Å². The number of hydrogen-bond acceptors (Lipinski definition) is 2. The Labute approximate surface area is 72.7 Å². The monoisotopic (exact) mass is 171 g/mol. The Balaban J connectivity index is 4.14. The van der Waals surface area contributed by atoms with Gasteiger partial charge in [-0.1, -0.05) is 20.3 Å². The highest BCUT2D eigenvalue weighted by atomic mass is 15.3. The molecule has 1 atom stereocenters. The summed E-state index contributed by atoms with van der Waals surface area (Å²) in [5.74, 6) is 0.0587. The average molecular weight is 171 g/mol. The number of nitrogens with zero attached hydrogens (tertiary/aromatic N) is 1. The predicted octanol–water partition coefficient (Wildman–Crippen LogP) is 0.121. The third-order valence-electron chi connectivity index (χ3n) is 1.77. The van der Waals surface area contributed by atoms with Crippen molar-refractivity contribution < 1.29 is 0 Å². The molecule has 1 unspecified atom stereocenters. The maximum Gasteiger partial charge on any atom is 0.195 e. The molecule has 0 saturated carbocycles. The van der Waals surface area contributed by atoms with E-state index >= 15 is 0 Å². The van der Waals surface area contributed by atoms with Crippen molar-refractivity contribution in [2.45, 2.75) is 20.3 Å². The zero-order valence-corrected chi connectivity index (χ0v) is 7.59. The zero-order chi connectivity index (χ0) is 9.72. The second kappa shape index (κ2) is 4.58. The molecule has 0 amide bonds. The molecule has 12 heavy (non-hydrogen) atoms. The van der Waals surface area contributed by atoms with Gasteiger partial charge in [0, 0.05) is 6.54 Å². The Morgan fingerprint density at radius 3 is 2.00 bits per heavy atom. The third kappa shape index (κ3) is 3.23. The van der Waals surface area contributed by atoms with Crippen molar-refractivity contribution >= 4 is 11.9 Å². The van der Waals surface area contributed by atoms with Crippen LogP contribution in [0.5, 0.6) is 0 Å². The van der Waals surface area contributed by atoms with Crippen LogP contribution in [0.4, 0.5) is 0 Å². The number of nitrogens with one attached hydrogen (secondary N) is 2. The second-order valence-electron chi connectivity index (χ2n) is 2.89. The lowest BCUT2D eigenvalue weighted by molar-refractivity contribution is 0.440. The van der Waals surface area contributed by atoms with Gasteiger partial charge in [0.15, 0.2) is 11.9 Å².